The Morgan fingerprint density at radius 2 is 1.79 bits per heavy atom. The van der Waals surface area contributed by atoms with Gasteiger partial charge in [0.1, 0.15) is 5.92 Å². The lowest BCUT2D eigenvalue weighted by molar-refractivity contribution is -0.150. The van der Waals surface area contributed by atoms with Crippen molar-refractivity contribution in [2.24, 2.45) is 5.92 Å². The lowest BCUT2D eigenvalue weighted by atomic mass is 9.95. The fourth-order valence-electron chi connectivity index (χ4n) is 1.92. The molecule has 5 nitrogen and oxygen atoms in total. The number of hydrogen-bond acceptors (Lipinski definition) is 4. The van der Waals surface area contributed by atoms with Gasteiger partial charge in [-0.25, -0.2) is 0 Å². The van der Waals surface area contributed by atoms with E-state index in [-0.39, 0.29) is 5.91 Å². The van der Waals surface area contributed by atoms with E-state index >= 15 is 0 Å². The quantitative estimate of drug-likeness (QED) is 0.778. The predicted octanol–water partition coefficient (Wildman–Crippen LogP) is 0.975. The van der Waals surface area contributed by atoms with Crippen molar-refractivity contribution < 1.29 is 19.4 Å². The molecule has 0 aromatic heterocycles. The van der Waals surface area contributed by atoms with E-state index in [1.54, 1.807) is 31.2 Å². The van der Waals surface area contributed by atoms with E-state index < -0.39 is 24.0 Å². The normalized spacial score (nSPS) is 15.2. The van der Waals surface area contributed by atoms with Crippen molar-refractivity contribution in [2.75, 3.05) is 7.11 Å². The van der Waals surface area contributed by atoms with Crippen molar-refractivity contribution in [3.05, 3.63) is 35.9 Å². The van der Waals surface area contributed by atoms with Crippen LogP contribution in [-0.2, 0) is 9.53 Å². The maximum atomic E-state index is 11.9. The van der Waals surface area contributed by atoms with Crippen molar-refractivity contribution in [1.29, 1.82) is 0 Å². The number of carbonyl (C=O) groups excluding carboxylic acids is 2. The topological polar surface area (TPSA) is 75.6 Å². The zero-order valence-electron chi connectivity index (χ0n) is 11.3. The van der Waals surface area contributed by atoms with Gasteiger partial charge < -0.3 is 15.2 Å². The molecule has 104 valence electrons. The summed E-state index contributed by atoms with van der Waals surface area (Å²) in [6.07, 6.45) is -0.904. The lowest BCUT2D eigenvalue weighted by Gasteiger charge is -2.25. The number of ether oxygens (including phenoxy) is 1. The Balaban J connectivity index is 2.74. The number of aliphatic hydroxyl groups excluding tert-OH is 1. The van der Waals surface area contributed by atoms with Gasteiger partial charge in [0.2, 0.25) is 0 Å². The van der Waals surface area contributed by atoms with Gasteiger partial charge in [-0.2, -0.15) is 0 Å². The Hall–Kier alpha value is -1.88. The van der Waals surface area contributed by atoms with E-state index in [9.17, 15) is 14.7 Å². The molecule has 5 heteroatoms. The summed E-state index contributed by atoms with van der Waals surface area (Å²) in [7, 11) is 1.25. The van der Waals surface area contributed by atoms with Crippen LogP contribution in [0.1, 0.15) is 24.2 Å². The van der Waals surface area contributed by atoms with Crippen molar-refractivity contribution >= 4 is 11.9 Å². The lowest BCUT2D eigenvalue weighted by Crippen LogP contribution is -2.46. The SMILES string of the molecule is COC(=O)C(C(C)O)C(C)NC(=O)c1ccccc1. The van der Waals surface area contributed by atoms with Crippen molar-refractivity contribution in [3.63, 3.8) is 0 Å². The van der Waals surface area contributed by atoms with Gasteiger partial charge in [-0.05, 0) is 26.0 Å². The third-order valence-electron chi connectivity index (χ3n) is 2.93. The minimum atomic E-state index is -0.904. The van der Waals surface area contributed by atoms with Gasteiger partial charge in [0.15, 0.2) is 0 Å². The number of esters is 1. The first-order valence-corrected chi connectivity index (χ1v) is 6.09. The molecule has 19 heavy (non-hydrogen) atoms. The number of rotatable bonds is 5. The molecule has 0 aliphatic carbocycles. The smallest absolute Gasteiger partial charge is 0.313 e. The third kappa shape index (κ3) is 4.06. The molecule has 1 rings (SSSR count). The molecule has 0 radical (unpaired) electrons. The second-order valence-corrected chi connectivity index (χ2v) is 4.42. The molecule has 0 spiro atoms. The first-order valence-electron chi connectivity index (χ1n) is 6.09. The number of carbonyl (C=O) groups is 2. The molecule has 0 aliphatic rings. The minimum Gasteiger partial charge on any atom is -0.469 e. The van der Waals surface area contributed by atoms with E-state index in [0.717, 1.165) is 0 Å². The summed E-state index contributed by atoms with van der Waals surface area (Å²) < 4.78 is 4.63. The van der Waals surface area contributed by atoms with Crippen LogP contribution in [0.5, 0.6) is 0 Å². The third-order valence-corrected chi connectivity index (χ3v) is 2.93. The fraction of sp³-hybridized carbons (Fsp3) is 0.429. The van der Waals surface area contributed by atoms with Crippen LogP contribution in [0.15, 0.2) is 30.3 Å². The van der Waals surface area contributed by atoms with Crippen LogP contribution in [-0.4, -0.2) is 36.2 Å². The van der Waals surface area contributed by atoms with Gasteiger partial charge in [0, 0.05) is 11.6 Å². The van der Waals surface area contributed by atoms with Crippen molar-refractivity contribution in [1.82, 2.24) is 5.32 Å². The van der Waals surface area contributed by atoms with E-state index in [1.165, 1.54) is 14.0 Å². The van der Waals surface area contributed by atoms with Gasteiger partial charge in [0.05, 0.1) is 13.2 Å². The van der Waals surface area contributed by atoms with Gasteiger partial charge in [-0.15, -0.1) is 0 Å². The molecule has 1 amide bonds. The summed E-state index contributed by atoms with van der Waals surface area (Å²) in [5, 5.41) is 12.3. The van der Waals surface area contributed by atoms with Gasteiger partial charge in [0.25, 0.3) is 5.91 Å². The molecule has 0 heterocycles. The number of methoxy groups -OCH3 is 1. The summed E-state index contributed by atoms with van der Waals surface area (Å²) in [5.41, 5.74) is 0.503. The molecular weight excluding hydrogens is 246 g/mol. The Morgan fingerprint density at radius 3 is 2.26 bits per heavy atom. The van der Waals surface area contributed by atoms with E-state index in [2.05, 4.69) is 10.1 Å². The van der Waals surface area contributed by atoms with Crippen LogP contribution in [0, 0.1) is 5.92 Å². The minimum absolute atomic E-state index is 0.289. The van der Waals surface area contributed by atoms with Crippen LogP contribution in [0.25, 0.3) is 0 Å². The van der Waals surface area contributed by atoms with Crippen molar-refractivity contribution in [2.45, 2.75) is 26.0 Å². The average molecular weight is 265 g/mol. The predicted molar refractivity (Wildman–Crippen MR) is 70.6 cm³/mol. The summed E-state index contributed by atoms with van der Waals surface area (Å²) in [4.78, 5) is 23.5. The maximum absolute atomic E-state index is 11.9. The van der Waals surface area contributed by atoms with E-state index in [1.807, 2.05) is 6.07 Å². The van der Waals surface area contributed by atoms with E-state index in [4.69, 9.17) is 0 Å². The number of nitrogens with one attached hydrogen (secondary N) is 1. The molecule has 3 atom stereocenters. The summed E-state index contributed by atoms with van der Waals surface area (Å²) in [6, 6.07) is 8.15. The van der Waals surface area contributed by atoms with E-state index in [0.29, 0.717) is 5.56 Å². The largest absolute Gasteiger partial charge is 0.469 e. The number of amides is 1. The van der Waals surface area contributed by atoms with Crippen LogP contribution in [0.4, 0.5) is 0 Å². The standard InChI is InChI=1S/C14H19NO4/c1-9(12(10(2)16)14(18)19-3)15-13(17)11-7-5-4-6-8-11/h4-10,12,16H,1-3H3,(H,15,17). The molecule has 0 aliphatic heterocycles. The summed E-state index contributed by atoms with van der Waals surface area (Å²) in [5.74, 6) is -1.63. The number of aliphatic hydroxyl groups is 1. The monoisotopic (exact) mass is 265 g/mol. The maximum Gasteiger partial charge on any atom is 0.313 e. The number of hydrogen-bond donors (Lipinski definition) is 2. The second-order valence-electron chi connectivity index (χ2n) is 4.42. The number of benzene rings is 1. The molecule has 0 saturated heterocycles. The Kier molecular flexibility index (Phi) is 5.51. The Morgan fingerprint density at radius 1 is 1.21 bits per heavy atom. The molecule has 0 saturated carbocycles. The van der Waals surface area contributed by atoms with Gasteiger partial charge in [-0.3, -0.25) is 9.59 Å². The molecule has 1 aromatic carbocycles. The molecule has 0 bridgehead atoms. The highest BCUT2D eigenvalue weighted by Gasteiger charge is 2.31. The highest BCUT2D eigenvalue weighted by Crippen LogP contribution is 2.12. The molecule has 1 aromatic rings. The van der Waals surface area contributed by atoms with Crippen LogP contribution in [0.3, 0.4) is 0 Å². The molecule has 0 fully saturated rings. The highest BCUT2D eigenvalue weighted by molar-refractivity contribution is 5.94. The zero-order valence-corrected chi connectivity index (χ0v) is 11.3. The molecular formula is C14H19NO4. The summed E-state index contributed by atoms with van der Waals surface area (Å²) >= 11 is 0. The van der Waals surface area contributed by atoms with Crippen LogP contribution in [0.2, 0.25) is 0 Å². The highest BCUT2D eigenvalue weighted by atomic mass is 16.5. The van der Waals surface area contributed by atoms with Gasteiger partial charge >= 0.3 is 5.97 Å². The van der Waals surface area contributed by atoms with Gasteiger partial charge in [-0.1, -0.05) is 18.2 Å². The van der Waals surface area contributed by atoms with Crippen LogP contribution < -0.4 is 5.32 Å². The van der Waals surface area contributed by atoms with Crippen molar-refractivity contribution in [3.8, 4) is 0 Å². The second kappa shape index (κ2) is 6.89. The average Bonchev–Trinajstić information content (AvgIpc) is 2.39. The fourth-order valence-corrected chi connectivity index (χ4v) is 1.92. The molecule has 2 N–H and O–H groups in total. The molecule has 3 unspecified atom stereocenters. The van der Waals surface area contributed by atoms with Crippen LogP contribution >= 0.6 is 0 Å². The first-order chi connectivity index (χ1) is 8.97. The Labute approximate surface area is 112 Å². The Bertz CT molecular complexity index is 430. The summed E-state index contributed by atoms with van der Waals surface area (Å²) in [6.45, 7) is 3.15. The zero-order chi connectivity index (χ0) is 14.4. The first kappa shape index (κ1) is 15.2.